The molecular weight excluding hydrogens is 436 g/mol. The van der Waals surface area contributed by atoms with Crippen molar-refractivity contribution in [2.24, 2.45) is 11.3 Å². The van der Waals surface area contributed by atoms with Gasteiger partial charge in [-0.05, 0) is 81.2 Å². The first-order valence-electron chi connectivity index (χ1n) is 13.0. The van der Waals surface area contributed by atoms with Gasteiger partial charge in [0.05, 0.1) is 11.6 Å². The van der Waals surface area contributed by atoms with Crippen LogP contribution in [0.5, 0.6) is 0 Å². The number of carbonyl (C=O) groups excluding carboxylic acids is 1. The van der Waals surface area contributed by atoms with E-state index in [0.29, 0.717) is 12.3 Å². The minimum atomic E-state index is -0.210. The van der Waals surface area contributed by atoms with Gasteiger partial charge in [0, 0.05) is 47.1 Å². The Bertz CT molecular complexity index is 1250. The molecule has 4 aliphatic carbocycles. The molecule has 4 N–H and O–H groups in total. The Morgan fingerprint density at radius 3 is 2.97 bits per heavy atom. The third kappa shape index (κ3) is 3.45. The predicted octanol–water partition coefficient (Wildman–Crippen LogP) is 4.82. The minimum Gasteiger partial charge on any atom is -0.508 e. The van der Waals surface area contributed by atoms with Crippen molar-refractivity contribution in [3.8, 4) is 0 Å². The zero-order valence-electron chi connectivity index (χ0n) is 20.6. The zero-order chi connectivity index (χ0) is 24.2. The van der Waals surface area contributed by atoms with E-state index in [1.165, 1.54) is 22.4 Å². The lowest BCUT2D eigenvalue weighted by atomic mass is 9.64. The van der Waals surface area contributed by atoms with Gasteiger partial charge < -0.3 is 21.3 Å². The van der Waals surface area contributed by atoms with Gasteiger partial charge in [-0.2, -0.15) is 0 Å². The van der Waals surface area contributed by atoms with E-state index in [2.05, 4.69) is 35.0 Å². The van der Waals surface area contributed by atoms with Crippen LogP contribution in [0, 0.1) is 11.3 Å². The van der Waals surface area contributed by atoms with Crippen LogP contribution >= 0.6 is 0 Å². The summed E-state index contributed by atoms with van der Waals surface area (Å²) < 4.78 is 0. The average Bonchev–Trinajstić information content (AvgIpc) is 3.44. The second-order valence-corrected chi connectivity index (χ2v) is 10.6. The first-order valence-corrected chi connectivity index (χ1v) is 13.0. The number of aliphatic hydroxyl groups excluding tert-OH is 1. The van der Waals surface area contributed by atoms with Crippen molar-refractivity contribution in [3.63, 3.8) is 0 Å². The van der Waals surface area contributed by atoms with Crippen molar-refractivity contribution in [2.45, 2.75) is 65.2 Å². The molecule has 0 radical (unpaired) electrons. The minimum absolute atomic E-state index is 0.0975. The van der Waals surface area contributed by atoms with Gasteiger partial charge in [-0.15, -0.1) is 0 Å². The summed E-state index contributed by atoms with van der Waals surface area (Å²) in [4.78, 5) is 17.5. The van der Waals surface area contributed by atoms with Crippen molar-refractivity contribution < 1.29 is 9.90 Å². The molecule has 1 aromatic heterocycles. The van der Waals surface area contributed by atoms with E-state index in [4.69, 9.17) is 0 Å². The number of aliphatic hydroxyl groups is 1. The highest BCUT2D eigenvalue weighted by Crippen LogP contribution is 2.56. The summed E-state index contributed by atoms with van der Waals surface area (Å²) in [6, 6.07) is 5.87. The van der Waals surface area contributed by atoms with Gasteiger partial charge in [0.2, 0.25) is 5.91 Å². The summed E-state index contributed by atoms with van der Waals surface area (Å²) in [6.07, 6.45) is 11.3. The summed E-state index contributed by atoms with van der Waals surface area (Å²) >= 11 is 0. The summed E-state index contributed by atoms with van der Waals surface area (Å²) in [5.74, 6) is 0.390. The molecule has 2 heterocycles. The molecule has 1 amide bonds. The molecule has 35 heavy (non-hydrogen) atoms. The smallest absolute Gasteiger partial charge is 0.227 e. The fraction of sp³-hybridized carbons (Fsp3) is 0.448. The molecule has 0 saturated carbocycles. The Morgan fingerprint density at radius 2 is 2.17 bits per heavy atom. The number of hydrogen-bond donors (Lipinski definition) is 4. The molecule has 5 aliphatic rings. The normalized spacial score (nSPS) is 27.0. The van der Waals surface area contributed by atoms with Crippen LogP contribution in [0.3, 0.4) is 0 Å². The van der Waals surface area contributed by atoms with Gasteiger partial charge in [-0.3, -0.25) is 9.78 Å². The van der Waals surface area contributed by atoms with Crippen LogP contribution in [-0.4, -0.2) is 22.5 Å². The number of hydrogen-bond acceptors (Lipinski definition) is 5. The first kappa shape index (κ1) is 22.2. The number of hydrazine groups is 1. The molecule has 1 aliphatic heterocycles. The van der Waals surface area contributed by atoms with Crippen LogP contribution in [0.4, 0.5) is 0 Å². The van der Waals surface area contributed by atoms with Crippen molar-refractivity contribution in [3.05, 3.63) is 86.8 Å². The standard InChI is InChI=1S/C29H34N4O2/c1-3-17-7-6-12-29(2)25(17)23(34)16-22-21-15-18-9-10-20(24(18)26(21)32-33-27(22)29)28(35)31-14-11-19-8-4-5-13-30-19/h4-5,8,13,16,20,32-34H,3,6-7,9-12,14-15H2,1-2H3,(H,31,35). The average molecular weight is 471 g/mol. The number of carbonyl (C=O) groups is 1. The third-order valence-electron chi connectivity index (χ3n) is 8.63. The number of allylic oxidation sites excluding steroid dienone is 8. The molecule has 0 aromatic carbocycles. The van der Waals surface area contributed by atoms with E-state index in [9.17, 15) is 9.90 Å². The van der Waals surface area contributed by atoms with E-state index in [1.54, 1.807) is 6.20 Å². The molecule has 1 aromatic rings. The van der Waals surface area contributed by atoms with Crippen LogP contribution in [0.2, 0.25) is 0 Å². The number of aromatic nitrogens is 1. The molecule has 0 bridgehead atoms. The molecule has 0 fully saturated rings. The lowest BCUT2D eigenvalue weighted by Crippen LogP contribution is -2.46. The molecule has 2 atom stereocenters. The topological polar surface area (TPSA) is 86.3 Å². The number of pyridine rings is 1. The zero-order valence-corrected chi connectivity index (χ0v) is 20.6. The third-order valence-corrected chi connectivity index (χ3v) is 8.63. The number of nitrogens with zero attached hydrogens (tertiary/aromatic N) is 1. The summed E-state index contributed by atoms with van der Waals surface area (Å²) in [6.45, 7) is 5.04. The van der Waals surface area contributed by atoms with Crippen molar-refractivity contribution >= 4 is 5.91 Å². The Hall–Kier alpha value is -3.28. The van der Waals surface area contributed by atoms with E-state index in [1.807, 2.05) is 24.3 Å². The fourth-order valence-corrected chi connectivity index (χ4v) is 6.97. The van der Waals surface area contributed by atoms with Crippen molar-refractivity contribution in [2.75, 3.05) is 6.54 Å². The second kappa shape index (κ2) is 8.43. The molecule has 6 heteroatoms. The van der Waals surface area contributed by atoms with E-state index in [0.717, 1.165) is 79.5 Å². The molecule has 0 spiro atoms. The maximum Gasteiger partial charge on any atom is 0.227 e. The highest BCUT2D eigenvalue weighted by molar-refractivity contribution is 5.85. The van der Waals surface area contributed by atoms with Crippen LogP contribution < -0.4 is 16.2 Å². The molecule has 6 nitrogen and oxygen atoms in total. The van der Waals surface area contributed by atoms with Crippen LogP contribution in [0.25, 0.3) is 0 Å². The summed E-state index contributed by atoms with van der Waals surface area (Å²) in [5, 5.41) is 14.3. The summed E-state index contributed by atoms with van der Waals surface area (Å²) in [7, 11) is 0. The largest absolute Gasteiger partial charge is 0.508 e. The Labute approximate surface area is 207 Å². The van der Waals surface area contributed by atoms with E-state index in [-0.39, 0.29) is 17.2 Å². The molecule has 2 unspecified atom stereocenters. The maximum absolute atomic E-state index is 13.2. The molecule has 0 saturated heterocycles. The first-order chi connectivity index (χ1) is 17.0. The fourth-order valence-electron chi connectivity index (χ4n) is 6.97. The quantitative estimate of drug-likeness (QED) is 0.496. The van der Waals surface area contributed by atoms with Crippen molar-refractivity contribution in [1.29, 1.82) is 0 Å². The molecule has 6 rings (SSSR count). The van der Waals surface area contributed by atoms with Gasteiger partial charge >= 0.3 is 0 Å². The Kier molecular flexibility index (Phi) is 5.35. The predicted molar refractivity (Wildman–Crippen MR) is 136 cm³/mol. The SMILES string of the molecule is CCC1=C2C(O)=CC3=C(NNC4=C3CC3=C4C(C(=O)NCCc4ccccn4)CC3)C2(C)CCC1. The maximum atomic E-state index is 13.2. The molecular formula is C29H34N4O2. The van der Waals surface area contributed by atoms with E-state index >= 15 is 0 Å². The van der Waals surface area contributed by atoms with Crippen LogP contribution in [0.15, 0.2) is 81.1 Å². The highest BCUT2D eigenvalue weighted by Gasteiger charge is 2.47. The van der Waals surface area contributed by atoms with E-state index < -0.39 is 0 Å². The van der Waals surface area contributed by atoms with Crippen LogP contribution in [0.1, 0.15) is 64.5 Å². The van der Waals surface area contributed by atoms with Gasteiger partial charge in [0.1, 0.15) is 5.76 Å². The Morgan fingerprint density at radius 1 is 1.29 bits per heavy atom. The van der Waals surface area contributed by atoms with Crippen LogP contribution in [-0.2, 0) is 11.2 Å². The molecule has 182 valence electrons. The second-order valence-electron chi connectivity index (χ2n) is 10.6. The van der Waals surface area contributed by atoms with Gasteiger partial charge in [-0.1, -0.05) is 24.1 Å². The number of amides is 1. The lowest BCUT2D eigenvalue weighted by Gasteiger charge is -2.45. The lowest BCUT2D eigenvalue weighted by molar-refractivity contribution is -0.123. The van der Waals surface area contributed by atoms with Gasteiger partial charge in [0.25, 0.3) is 0 Å². The Balaban J connectivity index is 1.26. The highest BCUT2D eigenvalue weighted by atomic mass is 16.3. The number of rotatable bonds is 5. The van der Waals surface area contributed by atoms with Gasteiger partial charge in [-0.25, -0.2) is 0 Å². The van der Waals surface area contributed by atoms with Gasteiger partial charge in [0.15, 0.2) is 0 Å². The number of nitrogens with one attached hydrogen (secondary N) is 3. The summed E-state index contributed by atoms with van der Waals surface area (Å²) in [5.41, 5.74) is 17.4. The monoisotopic (exact) mass is 470 g/mol. The van der Waals surface area contributed by atoms with Crippen molar-refractivity contribution in [1.82, 2.24) is 21.2 Å². The number of fused-ring (bicyclic) bond motifs is 4.